The number of aryl methyl sites for hydroxylation is 2. The van der Waals surface area contributed by atoms with Crippen molar-refractivity contribution < 1.29 is 0 Å². The third-order valence-corrected chi connectivity index (χ3v) is 4.05. The highest BCUT2D eigenvalue weighted by atomic mass is 79.9. The zero-order chi connectivity index (χ0) is 11.7. The summed E-state index contributed by atoms with van der Waals surface area (Å²) in [4.78, 5) is 0. The van der Waals surface area contributed by atoms with Gasteiger partial charge >= 0.3 is 0 Å². The fraction of sp³-hybridized carbons (Fsp3) is 0.250. The van der Waals surface area contributed by atoms with Crippen molar-refractivity contribution in [1.29, 1.82) is 0 Å². The molecule has 0 fully saturated rings. The molecule has 0 saturated heterocycles. The van der Waals surface area contributed by atoms with Crippen molar-refractivity contribution in [3.63, 3.8) is 0 Å². The van der Waals surface area contributed by atoms with Gasteiger partial charge in [0.1, 0.15) is 0 Å². The molecule has 1 aliphatic rings. The van der Waals surface area contributed by atoms with Gasteiger partial charge in [-0.15, -0.1) is 0 Å². The van der Waals surface area contributed by atoms with E-state index in [2.05, 4.69) is 58.4 Å². The van der Waals surface area contributed by atoms with Crippen LogP contribution in [-0.2, 0) is 12.8 Å². The highest BCUT2D eigenvalue weighted by Gasteiger charge is 2.09. The van der Waals surface area contributed by atoms with Crippen molar-refractivity contribution in [1.82, 2.24) is 0 Å². The first-order valence-corrected chi connectivity index (χ1v) is 7.00. The lowest BCUT2D eigenvalue weighted by Crippen LogP contribution is -2.02. The first-order valence-electron chi connectivity index (χ1n) is 6.21. The van der Waals surface area contributed by atoms with Crippen LogP contribution in [0.2, 0.25) is 0 Å². The van der Waals surface area contributed by atoms with Crippen molar-refractivity contribution in [2.24, 2.45) is 0 Å². The molecule has 0 bridgehead atoms. The summed E-state index contributed by atoms with van der Waals surface area (Å²) in [5, 5.41) is 0. The number of halogens is 1. The first kappa shape index (κ1) is 11.0. The third-order valence-electron chi connectivity index (χ3n) is 3.53. The van der Waals surface area contributed by atoms with Gasteiger partial charge in [0.2, 0.25) is 0 Å². The van der Waals surface area contributed by atoms with E-state index in [0.29, 0.717) is 0 Å². The maximum atomic E-state index is 3.48. The van der Waals surface area contributed by atoms with Gasteiger partial charge in [-0.25, -0.2) is 0 Å². The largest absolute Gasteiger partial charge is 0.0582 e. The van der Waals surface area contributed by atoms with Crippen LogP contribution in [0.3, 0.4) is 0 Å². The molecule has 2 aromatic rings. The van der Waals surface area contributed by atoms with Gasteiger partial charge in [0.15, 0.2) is 0 Å². The van der Waals surface area contributed by atoms with E-state index >= 15 is 0 Å². The fourth-order valence-electron chi connectivity index (χ4n) is 2.56. The molecule has 0 nitrogen and oxygen atoms in total. The summed E-state index contributed by atoms with van der Waals surface area (Å²) in [6, 6.07) is 15.5. The second-order valence-electron chi connectivity index (χ2n) is 4.70. The zero-order valence-corrected chi connectivity index (χ0v) is 11.3. The van der Waals surface area contributed by atoms with Gasteiger partial charge in [-0.3, -0.25) is 0 Å². The standard InChI is InChI=1S/C16H15Br/c17-16-9-7-13(8-10-16)15-6-5-12-3-1-2-4-14(12)11-15/h5-11H,1-4H2. The number of hydrogen-bond donors (Lipinski definition) is 0. The van der Waals surface area contributed by atoms with Crippen LogP contribution in [0.25, 0.3) is 11.1 Å². The van der Waals surface area contributed by atoms with E-state index in [1.54, 1.807) is 11.1 Å². The van der Waals surface area contributed by atoms with Crippen LogP contribution in [0.4, 0.5) is 0 Å². The summed E-state index contributed by atoms with van der Waals surface area (Å²) >= 11 is 3.48. The Morgan fingerprint density at radius 1 is 0.706 bits per heavy atom. The molecule has 0 spiro atoms. The van der Waals surface area contributed by atoms with Crippen LogP contribution in [0, 0.1) is 0 Å². The average molecular weight is 287 g/mol. The van der Waals surface area contributed by atoms with Crippen LogP contribution < -0.4 is 0 Å². The second-order valence-corrected chi connectivity index (χ2v) is 5.61. The van der Waals surface area contributed by atoms with Crippen molar-refractivity contribution in [3.8, 4) is 11.1 Å². The Morgan fingerprint density at radius 3 is 2.12 bits per heavy atom. The Labute approximate surface area is 111 Å². The highest BCUT2D eigenvalue weighted by Crippen LogP contribution is 2.28. The highest BCUT2D eigenvalue weighted by molar-refractivity contribution is 9.10. The van der Waals surface area contributed by atoms with Crippen molar-refractivity contribution in [2.75, 3.05) is 0 Å². The molecule has 0 unspecified atom stereocenters. The van der Waals surface area contributed by atoms with Crippen LogP contribution in [-0.4, -0.2) is 0 Å². The van der Waals surface area contributed by atoms with Crippen LogP contribution in [0.1, 0.15) is 24.0 Å². The molecule has 17 heavy (non-hydrogen) atoms. The maximum absolute atomic E-state index is 3.48. The lowest BCUT2D eigenvalue weighted by atomic mass is 9.89. The number of fused-ring (bicyclic) bond motifs is 1. The van der Waals surface area contributed by atoms with Gasteiger partial charge in [-0.05, 0) is 60.1 Å². The normalized spacial score (nSPS) is 14.4. The van der Waals surface area contributed by atoms with Gasteiger partial charge in [0.25, 0.3) is 0 Å². The Bertz CT molecular complexity index is 526. The van der Waals surface area contributed by atoms with E-state index in [1.807, 2.05) is 0 Å². The molecular weight excluding hydrogens is 272 g/mol. The van der Waals surface area contributed by atoms with Gasteiger partial charge < -0.3 is 0 Å². The molecule has 0 N–H and O–H groups in total. The molecule has 0 aliphatic heterocycles. The minimum Gasteiger partial charge on any atom is -0.0582 e. The van der Waals surface area contributed by atoms with Gasteiger partial charge in [-0.2, -0.15) is 0 Å². The SMILES string of the molecule is Brc1ccc(-c2ccc3c(c2)CCCC3)cc1. The summed E-state index contributed by atoms with van der Waals surface area (Å²) in [6.45, 7) is 0. The molecule has 0 amide bonds. The van der Waals surface area contributed by atoms with Crippen molar-refractivity contribution in [3.05, 3.63) is 58.1 Å². The number of hydrogen-bond acceptors (Lipinski definition) is 0. The molecular formula is C16H15Br. The third kappa shape index (κ3) is 2.30. The minimum absolute atomic E-state index is 1.14. The Balaban J connectivity index is 2.01. The quantitative estimate of drug-likeness (QED) is 0.692. The lowest BCUT2D eigenvalue weighted by molar-refractivity contribution is 0.686. The van der Waals surface area contributed by atoms with Crippen LogP contribution >= 0.6 is 15.9 Å². The molecule has 1 heteroatoms. The first-order chi connectivity index (χ1) is 8.33. The molecule has 86 valence electrons. The monoisotopic (exact) mass is 286 g/mol. The van der Waals surface area contributed by atoms with Crippen LogP contribution in [0.15, 0.2) is 46.9 Å². The topological polar surface area (TPSA) is 0 Å². The average Bonchev–Trinajstić information content (AvgIpc) is 2.39. The predicted molar refractivity (Wildman–Crippen MR) is 76.2 cm³/mol. The predicted octanol–water partition coefficient (Wildman–Crippen LogP) is 4.99. The van der Waals surface area contributed by atoms with E-state index in [4.69, 9.17) is 0 Å². The summed E-state index contributed by atoms with van der Waals surface area (Å²) in [5.74, 6) is 0. The number of benzene rings is 2. The van der Waals surface area contributed by atoms with Gasteiger partial charge in [0, 0.05) is 4.47 Å². The Hall–Kier alpha value is -1.08. The second kappa shape index (κ2) is 4.66. The molecule has 0 atom stereocenters. The maximum Gasteiger partial charge on any atom is 0.0175 e. The molecule has 0 radical (unpaired) electrons. The van der Waals surface area contributed by atoms with E-state index in [0.717, 1.165) is 4.47 Å². The molecule has 0 saturated carbocycles. The van der Waals surface area contributed by atoms with Crippen molar-refractivity contribution in [2.45, 2.75) is 25.7 Å². The summed E-state index contributed by atoms with van der Waals surface area (Å²) < 4.78 is 1.14. The van der Waals surface area contributed by atoms with Crippen LogP contribution in [0.5, 0.6) is 0 Å². The number of rotatable bonds is 1. The van der Waals surface area contributed by atoms with E-state index in [9.17, 15) is 0 Å². The molecule has 0 aromatic heterocycles. The zero-order valence-electron chi connectivity index (χ0n) is 9.75. The lowest BCUT2D eigenvalue weighted by Gasteiger charge is -2.16. The molecule has 1 aliphatic carbocycles. The van der Waals surface area contributed by atoms with Gasteiger partial charge in [0.05, 0.1) is 0 Å². The minimum atomic E-state index is 1.14. The van der Waals surface area contributed by atoms with E-state index in [1.165, 1.54) is 36.8 Å². The van der Waals surface area contributed by atoms with E-state index in [-0.39, 0.29) is 0 Å². The van der Waals surface area contributed by atoms with E-state index < -0.39 is 0 Å². The fourth-order valence-corrected chi connectivity index (χ4v) is 2.82. The van der Waals surface area contributed by atoms with Crippen molar-refractivity contribution >= 4 is 15.9 Å². The summed E-state index contributed by atoms with van der Waals surface area (Å²) in [7, 11) is 0. The van der Waals surface area contributed by atoms with Gasteiger partial charge in [-0.1, -0.05) is 46.3 Å². The smallest absolute Gasteiger partial charge is 0.0175 e. The molecule has 2 aromatic carbocycles. The molecule has 3 rings (SSSR count). The summed E-state index contributed by atoms with van der Waals surface area (Å²) in [5.41, 5.74) is 5.76. The summed E-state index contributed by atoms with van der Waals surface area (Å²) in [6.07, 6.45) is 5.21. The molecule has 0 heterocycles. The Morgan fingerprint density at radius 2 is 1.35 bits per heavy atom. The Kier molecular flexibility index (Phi) is 3.02.